The molecule has 0 spiro atoms. The molecule has 0 saturated carbocycles. The number of rotatable bonds is 7. The fraction of sp³-hybridized carbons (Fsp3) is 0.538. The molecule has 106 valence electrons. The van der Waals surface area contributed by atoms with Gasteiger partial charge in [-0.05, 0) is 24.1 Å². The van der Waals surface area contributed by atoms with E-state index >= 15 is 0 Å². The molecule has 18 heavy (non-hydrogen) atoms. The van der Waals surface area contributed by atoms with Crippen molar-refractivity contribution in [3.63, 3.8) is 0 Å². The predicted molar refractivity (Wildman–Crippen MR) is 76.0 cm³/mol. The molecule has 0 bridgehead atoms. The average molecular weight is 257 g/mol. The highest BCUT2D eigenvalue weighted by atomic mass is 16.5. The lowest BCUT2D eigenvalue weighted by Crippen LogP contribution is -2.02. The van der Waals surface area contributed by atoms with E-state index in [4.69, 9.17) is 10.5 Å². The zero-order valence-electron chi connectivity index (χ0n) is 11.2. The summed E-state index contributed by atoms with van der Waals surface area (Å²) < 4.78 is 5.64. The number of hydrazine groups is 1. The van der Waals surface area contributed by atoms with Crippen LogP contribution in [0.4, 0.5) is 0 Å². The maximum absolute atomic E-state index is 5.64. The maximum Gasteiger partial charge on any atom is 0.119 e. The summed E-state index contributed by atoms with van der Waals surface area (Å²) in [4.78, 5) is 0. The third-order valence-electron chi connectivity index (χ3n) is 2.40. The Morgan fingerprint density at radius 3 is 2.44 bits per heavy atom. The molecule has 0 fully saturated rings. The summed E-state index contributed by atoms with van der Waals surface area (Å²) in [5.41, 5.74) is 6.68. The first-order valence-electron chi connectivity index (χ1n) is 6.12. The lowest BCUT2D eigenvalue weighted by atomic mass is 10.2. The van der Waals surface area contributed by atoms with Crippen molar-refractivity contribution in [1.29, 1.82) is 0 Å². The quantitative estimate of drug-likeness (QED) is 0.385. The zero-order chi connectivity index (χ0) is 12.9. The van der Waals surface area contributed by atoms with Gasteiger partial charge in [0.05, 0.1) is 6.61 Å². The van der Waals surface area contributed by atoms with Crippen LogP contribution in [0.2, 0.25) is 0 Å². The zero-order valence-corrected chi connectivity index (χ0v) is 11.2. The van der Waals surface area contributed by atoms with Crippen LogP contribution in [0.3, 0.4) is 0 Å². The number of benzene rings is 1. The molecule has 0 aromatic heterocycles. The van der Waals surface area contributed by atoms with E-state index < -0.39 is 0 Å². The summed E-state index contributed by atoms with van der Waals surface area (Å²) in [6.07, 6.45) is 4.96. The highest BCUT2D eigenvalue weighted by Gasteiger charge is 1.95. The number of hydrogen-bond donors (Lipinski definition) is 3. The van der Waals surface area contributed by atoms with Gasteiger partial charge in [0.15, 0.2) is 0 Å². The van der Waals surface area contributed by atoms with Gasteiger partial charge >= 0.3 is 0 Å². The second kappa shape index (κ2) is 13.9. The van der Waals surface area contributed by atoms with Gasteiger partial charge in [0.1, 0.15) is 5.75 Å². The van der Waals surface area contributed by atoms with Crippen molar-refractivity contribution in [3.8, 4) is 5.75 Å². The van der Waals surface area contributed by atoms with Crippen LogP contribution in [0, 0.1) is 0 Å². The van der Waals surface area contributed by atoms with Crippen molar-refractivity contribution < 1.29 is 10.2 Å². The fourth-order valence-electron chi connectivity index (χ4n) is 1.48. The standard InChI is InChI=1S/C13H21NO.H4N2.H2O/c1-2-3-4-5-9-15-13-8-6-7-12(10-13)11-14;1-2;/h6-8,10H,2-5,9,11,14H2,1H3;1-2H2;1H2. The molecule has 0 saturated heterocycles. The first kappa shape index (κ1) is 19.2. The SMILES string of the molecule is CCCCCCOc1cccc(CN)c1.NN.O. The largest absolute Gasteiger partial charge is 0.494 e. The molecule has 0 aliphatic heterocycles. The monoisotopic (exact) mass is 257 g/mol. The lowest BCUT2D eigenvalue weighted by molar-refractivity contribution is 0.305. The Labute approximate surface area is 110 Å². The molecule has 0 radical (unpaired) electrons. The van der Waals surface area contributed by atoms with Crippen LogP contribution in [0.25, 0.3) is 0 Å². The minimum atomic E-state index is 0. The summed E-state index contributed by atoms with van der Waals surface area (Å²) in [6, 6.07) is 8.01. The van der Waals surface area contributed by atoms with Crippen LogP contribution < -0.4 is 22.2 Å². The van der Waals surface area contributed by atoms with Crippen molar-refractivity contribution >= 4 is 0 Å². The van der Waals surface area contributed by atoms with Crippen LogP contribution in [0.15, 0.2) is 24.3 Å². The molecular formula is C13H27N3O2. The Morgan fingerprint density at radius 2 is 1.83 bits per heavy atom. The Bertz CT molecular complexity index is 283. The highest BCUT2D eigenvalue weighted by Crippen LogP contribution is 2.13. The van der Waals surface area contributed by atoms with E-state index in [1.165, 1.54) is 19.3 Å². The molecule has 8 N–H and O–H groups in total. The summed E-state index contributed by atoms with van der Waals surface area (Å²) in [5.74, 6) is 8.94. The van der Waals surface area contributed by atoms with Gasteiger partial charge in [-0.1, -0.05) is 38.3 Å². The molecule has 1 rings (SSSR count). The second-order valence-corrected chi connectivity index (χ2v) is 3.76. The molecule has 0 heterocycles. The van der Waals surface area contributed by atoms with Crippen molar-refractivity contribution in [2.24, 2.45) is 17.4 Å². The van der Waals surface area contributed by atoms with E-state index in [0.29, 0.717) is 6.54 Å². The molecule has 0 amide bonds. The predicted octanol–water partition coefficient (Wildman–Crippen LogP) is 1.10. The molecule has 1 aromatic rings. The number of nitrogens with two attached hydrogens (primary N) is 3. The Balaban J connectivity index is 0. The van der Waals surface area contributed by atoms with Gasteiger partial charge in [-0.2, -0.15) is 0 Å². The summed E-state index contributed by atoms with van der Waals surface area (Å²) >= 11 is 0. The van der Waals surface area contributed by atoms with Gasteiger partial charge < -0.3 is 15.9 Å². The average Bonchev–Trinajstić information content (AvgIpc) is 2.41. The van der Waals surface area contributed by atoms with E-state index in [1.807, 2.05) is 24.3 Å². The van der Waals surface area contributed by atoms with Crippen LogP contribution in [-0.2, 0) is 6.54 Å². The van der Waals surface area contributed by atoms with Gasteiger partial charge in [-0.3, -0.25) is 11.7 Å². The van der Waals surface area contributed by atoms with E-state index in [1.54, 1.807) is 0 Å². The van der Waals surface area contributed by atoms with Gasteiger partial charge in [0.25, 0.3) is 0 Å². The first-order valence-corrected chi connectivity index (χ1v) is 6.12. The molecule has 1 aromatic carbocycles. The van der Waals surface area contributed by atoms with Crippen LogP contribution in [-0.4, -0.2) is 12.1 Å². The topological polar surface area (TPSA) is 119 Å². The third-order valence-corrected chi connectivity index (χ3v) is 2.40. The smallest absolute Gasteiger partial charge is 0.119 e. The maximum atomic E-state index is 5.64. The summed E-state index contributed by atoms with van der Waals surface area (Å²) in [6.45, 7) is 3.60. The minimum Gasteiger partial charge on any atom is -0.494 e. The molecular weight excluding hydrogens is 230 g/mol. The van der Waals surface area contributed by atoms with Crippen molar-refractivity contribution in [1.82, 2.24) is 0 Å². The molecule has 0 aliphatic rings. The van der Waals surface area contributed by atoms with E-state index in [2.05, 4.69) is 18.6 Å². The van der Waals surface area contributed by atoms with Gasteiger partial charge in [0.2, 0.25) is 0 Å². The van der Waals surface area contributed by atoms with E-state index in [0.717, 1.165) is 24.3 Å². The van der Waals surface area contributed by atoms with Crippen LogP contribution in [0.1, 0.15) is 38.2 Å². The van der Waals surface area contributed by atoms with Gasteiger partial charge in [-0.25, -0.2) is 0 Å². The number of unbranched alkanes of at least 4 members (excludes halogenated alkanes) is 3. The van der Waals surface area contributed by atoms with Crippen molar-refractivity contribution in [2.45, 2.75) is 39.2 Å². The highest BCUT2D eigenvalue weighted by molar-refractivity contribution is 5.28. The minimum absolute atomic E-state index is 0. The summed E-state index contributed by atoms with van der Waals surface area (Å²) in [7, 11) is 0. The van der Waals surface area contributed by atoms with Gasteiger partial charge in [-0.15, -0.1) is 0 Å². The molecule has 0 atom stereocenters. The van der Waals surface area contributed by atoms with Crippen LogP contribution >= 0.6 is 0 Å². The Kier molecular flexibility index (Phi) is 14.9. The normalized spacial score (nSPS) is 8.89. The Hall–Kier alpha value is -1.14. The van der Waals surface area contributed by atoms with Crippen molar-refractivity contribution in [3.05, 3.63) is 29.8 Å². The van der Waals surface area contributed by atoms with Crippen LogP contribution in [0.5, 0.6) is 5.75 Å². The van der Waals surface area contributed by atoms with E-state index in [-0.39, 0.29) is 5.48 Å². The van der Waals surface area contributed by atoms with Gasteiger partial charge in [0, 0.05) is 6.54 Å². The molecule has 5 heteroatoms. The third kappa shape index (κ3) is 8.95. The molecule has 5 nitrogen and oxygen atoms in total. The first-order chi connectivity index (χ1) is 8.36. The number of hydrogen-bond acceptors (Lipinski definition) is 4. The summed E-state index contributed by atoms with van der Waals surface area (Å²) in [5, 5.41) is 0. The Morgan fingerprint density at radius 1 is 1.11 bits per heavy atom. The fourth-order valence-corrected chi connectivity index (χ4v) is 1.48. The number of ether oxygens (including phenoxy) is 1. The van der Waals surface area contributed by atoms with Crippen molar-refractivity contribution in [2.75, 3.05) is 6.61 Å². The van der Waals surface area contributed by atoms with E-state index in [9.17, 15) is 0 Å². The lowest BCUT2D eigenvalue weighted by Gasteiger charge is -2.06. The molecule has 0 aliphatic carbocycles. The second-order valence-electron chi connectivity index (χ2n) is 3.76. The molecule has 0 unspecified atom stereocenters.